The number of H-pyrrole nitrogens is 2. The van der Waals surface area contributed by atoms with Gasteiger partial charge in [0.2, 0.25) is 0 Å². The highest BCUT2D eigenvalue weighted by Crippen LogP contribution is 2.37. The molecule has 9 rings (SSSR count). The number of nitrogens with zero attached hydrogens (tertiary/aromatic N) is 8. The summed E-state index contributed by atoms with van der Waals surface area (Å²) in [4.78, 5) is 35.9. The summed E-state index contributed by atoms with van der Waals surface area (Å²) in [7, 11) is 0. The molecule has 47 heavy (non-hydrogen) atoms. The van der Waals surface area contributed by atoms with Crippen LogP contribution in [0.15, 0.2) is 78.9 Å². The largest absolute Gasteiger partial charge is 0.493 e. The van der Waals surface area contributed by atoms with Gasteiger partial charge in [0, 0.05) is 38.4 Å². The Balaban J connectivity index is 1.35. The lowest BCUT2D eigenvalue weighted by atomic mass is 10.1. The minimum atomic E-state index is 0.285. The van der Waals surface area contributed by atoms with Crippen molar-refractivity contribution in [2.75, 3.05) is 6.61 Å². The number of hydrogen-bond donors (Lipinski definition) is 2. The smallest absolute Gasteiger partial charge is 0.251 e. The van der Waals surface area contributed by atoms with E-state index in [1.54, 1.807) is 0 Å². The van der Waals surface area contributed by atoms with Gasteiger partial charge in [0.15, 0.2) is 23.3 Å². The zero-order chi connectivity index (χ0) is 31.3. The Morgan fingerprint density at radius 2 is 1.11 bits per heavy atom. The van der Waals surface area contributed by atoms with Crippen LogP contribution in [-0.2, 0) is 0 Å². The number of hydrogen-bond acceptors (Lipinski definition) is 9. The highest BCUT2D eigenvalue weighted by atomic mass is 16.5. The highest BCUT2D eigenvalue weighted by molar-refractivity contribution is 6.12. The van der Waals surface area contributed by atoms with Gasteiger partial charge in [0.1, 0.15) is 17.0 Å². The van der Waals surface area contributed by atoms with Crippen molar-refractivity contribution in [1.29, 1.82) is 0 Å². The second-order valence-corrected chi connectivity index (χ2v) is 11.6. The van der Waals surface area contributed by atoms with Crippen molar-refractivity contribution in [1.82, 2.24) is 50.1 Å². The van der Waals surface area contributed by atoms with Crippen molar-refractivity contribution in [3.63, 3.8) is 0 Å². The number of aromatic amines is 2. The number of aromatic nitrogens is 10. The number of nitrogens with one attached hydrogen (secondary N) is 2. The van der Waals surface area contributed by atoms with E-state index in [-0.39, 0.29) is 11.6 Å². The number of rotatable bonds is 6. The van der Waals surface area contributed by atoms with E-state index in [1.807, 2.05) is 60.7 Å². The normalized spacial score (nSPS) is 11.9. The zero-order valence-electron chi connectivity index (χ0n) is 25.5. The fourth-order valence-electron chi connectivity index (χ4n) is 6.23. The van der Waals surface area contributed by atoms with Crippen LogP contribution in [0.2, 0.25) is 0 Å². The van der Waals surface area contributed by atoms with E-state index in [9.17, 15) is 0 Å². The fourth-order valence-corrected chi connectivity index (χ4v) is 6.23. The predicted octanol–water partition coefficient (Wildman–Crippen LogP) is 7.62. The second-order valence-electron chi connectivity index (χ2n) is 11.6. The number of fused-ring (bicyclic) bond motifs is 18. The van der Waals surface area contributed by atoms with Crippen LogP contribution in [0, 0.1) is 0 Å². The molecule has 0 radical (unpaired) electrons. The van der Waals surface area contributed by atoms with Crippen molar-refractivity contribution in [2.45, 2.75) is 32.6 Å². The fraction of sp³-hybridized carbons (Fsp3) is 0.167. The van der Waals surface area contributed by atoms with Gasteiger partial charge in [-0.05, 0) is 30.0 Å². The molecule has 8 bridgehead atoms. The summed E-state index contributed by atoms with van der Waals surface area (Å²) < 4.78 is 6.32. The van der Waals surface area contributed by atoms with Crippen LogP contribution < -0.4 is 4.74 Å². The molecule has 11 heteroatoms. The molecule has 0 atom stereocenters. The monoisotopic (exact) mass is 616 g/mol. The standard InChI is InChI=1S/C36H28N10O/c1-2-3-4-9-17-47-28-16-10-11-20-18-26-27(19-25(20)28)34-40-30-22-13-6-8-15-24(22)32(38-30)43-36-44-35(45-46-36)42-31-23-14-7-5-12-21(23)29(37-31)39-33(26)41-34/h5-8,10-16,18-19H,2-4,9,17H2,1H3,(H2,37,38,39,40,41,42,43,44,45,46). The molecule has 7 aromatic rings. The summed E-state index contributed by atoms with van der Waals surface area (Å²) in [5, 5.41) is 12.3. The average molecular weight is 617 g/mol. The van der Waals surface area contributed by atoms with Crippen LogP contribution in [0.1, 0.15) is 32.6 Å². The highest BCUT2D eigenvalue weighted by Gasteiger charge is 2.21. The van der Waals surface area contributed by atoms with Crippen LogP contribution in [0.25, 0.3) is 89.9 Å². The van der Waals surface area contributed by atoms with Gasteiger partial charge >= 0.3 is 0 Å². The first-order valence-corrected chi connectivity index (χ1v) is 15.8. The van der Waals surface area contributed by atoms with Crippen molar-refractivity contribution >= 4 is 44.4 Å². The van der Waals surface area contributed by atoms with Gasteiger partial charge in [-0.2, -0.15) is 9.97 Å². The van der Waals surface area contributed by atoms with Gasteiger partial charge < -0.3 is 9.72 Å². The molecular formula is C36H28N10O. The molecule has 0 unspecified atom stereocenters. The van der Waals surface area contributed by atoms with E-state index in [1.165, 1.54) is 12.8 Å². The van der Waals surface area contributed by atoms with Crippen LogP contribution >= 0.6 is 0 Å². The molecule has 0 amide bonds. The SMILES string of the molecule is CCCCCCOc1cccc2cc3c4nc5nc(nc6nnc(nc7nc(nc([nH]4)c3cc12)-c1ccccc1-7)[nH]6)-c1ccccc1-5. The number of ether oxygens (including phenoxy) is 1. The van der Waals surface area contributed by atoms with Gasteiger partial charge in [0.25, 0.3) is 11.6 Å². The Morgan fingerprint density at radius 3 is 1.70 bits per heavy atom. The van der Waals surface area contributed by atoms with Gasteiger partial charge in [-0.3, -0.25) is 4.98 Å². The van der Waals surface area contributed by atoms with Crippen LogP contribution in [-0.4, -0.2) is 56.7 Å². The van der Waals surface area contributed by atoms with Gasteiger partial charge in [0.05, 0.1) is 6.61 Å². The zero-order valence-corrected chi connectivity index (χ0v) is 25.5. The lowest BCUT2D eigenvalue weighted by Gasteiger charge is -2.09. The van der Waals surface area contributed by atoms with Gasteiger partial charge in [-0.25, -0.2) is 19.9 Å². The van der Waals surface area contributed by atoms with E-state index in [4.69, 9.17) is 34.6 Å². The first-order valence-electron chi connectivity index (χ1n) is 15.8. The summed E-state index contributed by atoms with van der Waals surface area (Å²) in [6.45, 7) is 2.89. The summed E-state index contributed by atoms with van der Waals surface area (Å²) in [5.74, 6) is 3.46. The van der Waals surface area contributed by atoms with Crippen LogP contribution in [0.5, 0.6) is 5.75 Å². The second kappa shape index (κ2) is 11.1. The molecule has 228 valence electrons. The van der Waals surface area contributed by atoms with E-state index >= 15 is 0 Å². The maximum atomic E-state index is 6.32. The Kier molecular flexibility index (Phi) is 6.41. The first-order chi connectivity index (χ1) is 23.2. The molecule has 0 saturated heterocycles. The lowest BCUT2D eigenvalue weighted by Crippen LogP contribution is -1.97. The number of unbranched alkanes of at least 4 members (excludes halogenated alkanes) is 3. The molecule has 11 nitrogen and oxygen atoms in total. The predicted molar refractivity (Wildman–Crippen MR) is 181 cm³/mol. The Morgan fingerprint density at radius 1 is 0.532 bits per heavy atom. The summed E-state index contributed by atoms with van der Waals surface area (Å²) in [6.07, 6.45) is 4.58. The van der Waals surface area contributed by atoms with E-state index < -0.39 is 0 Å². The van der Waals surface area contributed by atoms with Gasteiger partial charge in [-0.15, -0.1) is 10.2 Å². The molecular weight excluding hydrogens is 588 g/mol. The Labute approximate surface area is 268 Å². The average Bonchev–Trinajstić information content (AvgIpc) is 3.86. The third-order valence-electron chi connectivity index (χ3n) is 8.54. The molecule has 2 aliphatic heterocycles. The maximum absolute atomic E-state index is 6.32. The third-order valence-corrected chi connectivity index (χ3v) is 8.54. The number of benzene rings is 4. The molecule has 2 N–H and O–H groups in total. The summed E-state index contributed by atoms with van der Waals surface area (Å²) in [5.41, 5.74) is 4.70. The summed E-state index contributed by atoms with van der Waals surface area (Å²) >= 11 is 0. The minimum Gasteiger partial charge on any atom is -0.493 e. The Bertz CT molecular complexity index is 2520. The van der Waals surface area contributed by atoms with E-state index in [2.05, 4.69) is 45.3 Å². The van der Waals surface area contributed by atoms with Crippen molar-refractivity contribution in [3.8, 4) is 51.3 Å². The first kappa shape index (κ1) is 27.2. The molecule has 0 spiro atoms. The summed E-state index contributed by atoms with van der Waals surface area (Å²) in [6, 6.07) is 26.2. The van der Waals surface area contributed by atoms with Crippen LogP contribution in [0.3, 0.4) is 0 Å². The topological polar surface area (TPSA) is 144 Å². The van der Waals surface area contributed by atoms with Crippen LogP contribution in [0.4, 0.5) is 0 Å². The third kappa shape index (κ3) is 4.75. The molecule has 0 fully saturated rings. The van der Waals surface area contributed by atoms with Crippen molar-refractivity contribution in [2.24, 2.45) is 0 Å². The molecule has 0 saturated carbocycles. The quantitative estimate of drug-likeness (QED) is 0.180. The maximum Gasteiger partial charge on any atom is 0.251 e. The van der Waals surface area contributed by atoms with E-state index in [0.717, 1.165) is 62.4 Å². The van der Waals surface area contributed by atoms with Gasteiger partial charge in [-0.1, -0.05) is 86.8 Å². The minimum absolute atomic E-state index is 0.285. The van der Waals surface area contributed by atoms with E-state index in [0.29, 0.717) is 41.2 Å². The lowest BCUT2D eigenvalue weighted by molar-refractivity contribution is 0.308. The van der Waals surface area contributed by atoms with Crippen molar-refractivity contribution in [3.05, 3.63) is 78.9 Å². The molecule has 2 aliphatic rings. The molecule has 3 aromatic heterocycles. The molecule has 0 aliphatic carbocycles. The van der Waals surface area contributed by atoms with Crippen molar-refractivity contribution < 1.29 is 4.74 Å². The Hall–Kier alpha value is -6.10. The molecule has 5 heterocycles. The molecule has 4 aromatic carbocycles.